The van der Waals surface area contributed by atoms with Gasteiger partial charge in [-0.25, -0.2) is 0 Å². The highest BCUT2D eigenvalue weighted by molar-refractivity contribution is 6.30. The van der Waals surface area contributed by atoms with Crippen molar-refractivity contribution in [3.63, 3.8) is 0 Å². The van der Waals surface area contributed by atoms with E-state index in [1.54, 1.807) is 17.0 Å². The number of amides is 1. The molecule has 0 aromatic heterocycles. The van der Waals surface area contributed by atoms with E-state index >= 15 is 0 Å². The molecule has 1 saturated heterocycles. The summed E-state index contributed by atoms with van der Waals surface area (Å²) in [6, 6.07) is 12.8. The molecule has 0 aliphatic carbocycles. The zero-order chi connectivity index (χ0) is 23.3. The van der Waals surface area contributed by atoms with Gasteiger partial charge < -0.3 is 9.80 Å². The van der Waals surface area contributed by atoms with Gasteiger partial charge in [-0.1, -0.05) is 17.7 Å². The maximum atomic E-state index is 13.1. The number of halogens is 1. The van der Waals surface area contributed by atoms with Crippen LogP contribution >= 0.6 is 11.6 Å². The number of hydrogen-bond acceptors (Lipinski definition) is 6. The van der Waals surface area contributed by atoms with E-state index in [1.165, 1.54) is 6.07 Å². The smallest absolute Gasteiger partial charge is 0.294 e. The Hall–Kier alpha value is -3.15. The van der Waals surface area contributed by atoms with E-state index in [4.69, 9.17) is 16.9 Å². The largest absolute Gasteiger partial charge is 0.363 e. The Balaban J connectivity index is 1.67. The SMILES string of the molecule is Cc1cc(C)cc(N(CCC#N)C(=O)CN2CCN(c3ccc(Cl)cc3[N+](=O)[O-])CC2)c1. The topological polar surface area (TPSA) is 93.7 Å². The van der Waals surface area contributed by atoms with E-state index < -0.39 is 4.92 Å². The molecular formula is C23H26ClN5O3. The lowest BCUT2D eigenvalue weighted by atomic mass is 10.1. The first-order valence-electron chi connectivity index (χ1n) is 10.5. The molecule has 9 heteroatoms. The number of carbonyl (C=O) groups excluding carboxylic acids is 1. The molecule has 0 unspecified atom stereocenters. The van der Waals surface area contributed by atoms with Gasteiger partial charge in [0.25, 0.3) is 5.69 Å². The summed E-state index contributed by atoms with van der Waals surface area (Å²) >= 11 is 5.92. The second-order valence-electron chi connectivity index (χ2n) is 7.95. The minimum Gasteiger partial charge on any atom is -0.363 e. The molecule has 32 heavy (non-hydrogen) atoms. The van der Waals surface area contributed by atoms with Crippen LogP contribution in [0.1, 0.15) is 17.5 Å². The van der Waals surface area contributed by atoms with Crippen LogP contribution in [-0.2, 0) is 4.79 Å². The number of rotatable bonds is 7. The van der Waals surface area contributed by atoms with E-state index in [1.807, 2.05) is 41.8 Å². The number of nitrogens with zero attached hydrogens (tertiary/aromatic N) is 5. The molecule has 2 aromatic rings. The summed E-state index contributed by atoms with van der Waals surface area (Å²) in [5, 5.41) is 20.8. The van der Waals surface area contributed by atoms with Crippen LogP contribution in [-0.4, -0.2) is 55.0 Å². The monoisotopic (exact) mass is 455 g/mol. The number of piperazine rings is 1. The van der Waals surface area contributed by atoms with Gasteiger partial charge in [-0.15, -0.1) is 0 Å². The summed E-state index contributed by atoms with van der Waals surface area (Å²) in [7, 11) is 0. The van der Waals surface area contributed by atoms with Crippen LogP contribution < -0.4 is 9.80 Å². The molecule has 1 aliphatic rings. The predicted octanol–water partition coefficient (Wildman–Crippen LogP) is 3.93. The van der Waals surface area contributed by atoms with Crippen LogP contribution in [0, 0.1) is 35.3 Å². The Morgan fingerprint density at radius 1 is 1.16 bits per heavy atom. The summed E-state index contributed by atoms with van der Waals surface area (Å²) in [5.74, 6) is -0.0591. The second kappa shape index (κ2) is 10.4. The first-order chi connectivity index (χ1) is 15.3. The van der Waals surface area contributed by atoms with Crippen molar-refractivity contribution >= 4 is 34.6 Å². The van der Waals surface area contributed by atoms with Crippen molar-refractivity contribution in [3.05, 3.63) is 62.7 Å². The molecular weight excluding hydrogens is 430 g/mol. The molecule has 0 N–H and O–H groups in total. The summed E-state index contributed by atoms with van der Waals surface area (Å²) in [6.07, 6.45) is 0.257. The first-order valence-corrected chi connectivity index (χ1v) is 10.8. The van der Waals surface area contributed by atoms with Crippen molar-refractivity contribution in [2.45, 2.75) is 20.3 Å². The summed E-state index contributed by atoms with van der Waals surface area (Å²) in [4.78, 5) is 29.8. The van der Waals surface area contributed by atoms with Crippen molar-refractivity contribution in [2.24, 2.45) is 0 Å². The normalized spacial score (nSPS) is 14.1. The maximum absolute atomic E-state index is 13.1. The van der Waals surface area contributed by atoms with E-state index in [0.717, 1.165) is 16.8 Å². The Kier molecular flexibility index (Phi) is 7.67. The fourth-order valence-electron chi connectivity index (χ4n) is 4.00. The fraction of sp³-hybridized carbons (Fsp3) is 0.391. The van der Waals surface area contributed by atoms with Gasteiger partial charge in [0.05, 0.1) is 24.0 Å². The van der Waals surface area contributed by atoms with E-state index in [0.29, 0.717) is 43.4 Å². The molecule has 0 radical (unpaired) electrons. The third-order valence-corrected chi connectivity index (χ3v) is 5.71. The van der Waals surface area contributed by atoms with Gasteiger partial charge in [0, 0.05) is 49.5 Å². The molecule has 0 spiro atoms. The van der Waals surface area contributed by atoms with Gasteiger partial charge in [-0.05, 0) is 49.2 Å². The third kappa shape index (κ3) is 5.75. The summed E-state index contributed by atoms with van der Waals surface area (Å²) < 4.78 is 0. The highest BCUT2D eigenvalue weighted by Crippen LogP contribution is 2.31. The summed E-state index contributed by atoms with van der Waals surface area (Å²) in [6.45, 7) is 6.88. The van der Waals surface area contributed by atoms with Crippen LogP contribution in [0.2, 0.25) is 5.02 Å². The third-order valence-electron chi connectivity index (χ3n) is 5.47. The van der Waals surface area contributed by atoms with E-state index in [-0.39, 0.29) is 24.6 Å². The molecule has 3 rings (SSSR count). The average molecular weight is 456 g/mol. The van der Waals surface area contributed by atoms with Crippen molar-refractivity contribution < 1.29 is 9.72 Å². The number of nitro groups is 1. The predicted molar refractivity (Wildman–Crippen MR) is 125 cm³/mol. The average Bonchev–Trinajstić information content (AvgIpc) is 2.74. The molecule has 168 valence electrons. The van der Waals surface area contributed by atoms with Crippen LogP contribution in [0.15, 0.2) is 36.4 Å². The van der Waals surface area contributed by atoms with Crippen LogP contribution in [0.5, 0.6) is 0 Å². The molecule has 8 nitrogen and oxygen atoms in total. The van der Waals surface area contributed by atoms with E-state index in [2.05, 4.69) is 6.07 Å². The Bertz CT molecular complexity index is 1020. The molecule has 1 amide bonds. The van der Waals surface area contributed by atoms with Crippen LogP contribution in [0.3, 0.4) is 0 Å². The van der Waals surface area contributed by atoms with Gasteiger partial charge in [-0.2, -0.15) is 5.26 Å². The number of aryl methyl sites for hydroxylation is 2. The lowest BCUT2D eigenvalue weighted by molar-refractivity contribution is -0.384. The van der Waals surface area contributed by atoms with Gasteiger partial charge >= 0.3 is 0 Å². The fourth-order valence-corrected chi connectivity index (χ4v) is 4.17. The number of nitro benzene ring substituents is 1. The molecule has 1 heterocycles. The first kappa shape index (κ1) is 23.5. The van der Waals surface area contributed by atoms with Gasteiger partial charge in [0.2, 0.25) is 5.91 Å². The number of benzene rings is 2. The van der Waals surface area contributed by atoms with Crippen molar-refractivity contribution in [1.29, 1.82) is 5.26 Å². The summed E-state index contributed by atoms with van der Waals surface area (Å²) in [5.41, 5.74) is 3.45. The Morgan fingerprint density at radius 3 is 2.41 bits per heavy atom. The lowest BCUT2D eigenvalue weighted by Crippen LogP contribution is -2.50. The van der Waals surface area contributed by atoms with Gasteiger partial charge in [0.1, 0.15) is 5.69 Å². The molecule has 0 atom stereocenters. The second-order valence-corrected chi connectivity index (χ2v) is 8.39. The zero-order valence-electron chi connectivity index (χ0n) is 18.3. The van der Waals surface area contributed by atoms with Gasteiger partial charge in [-0.3, -0.25) is 19.8 Å². The number of carbonyl (C=O) groups is 1. The maximum Gasteiger partial charge on any atom is 0.294 e. The van der Waals surface area contributed by atoms with Gasteiger partial charge in [0.15, 0.2) is 0 Å². The standard InChI is InChI=1S/C23H26ClN5O3/c1-17-12-18(2)14-20(13-17)28(7-3-6-25)23(30)16-26-8-10-27(11-9-26)21-5-4-19(24)15-22(21)29(31)32/h4-5,12-15H,3,7-11,16H2,1-2H3. The molecule has 2 aromatic carbocycles. The van der Waals surface area contributed by atoms with Crippen molar-refractivity contribution in [2.75, 3.05) is 49.1 Å². The van der Waals surface area contributed by atoms with Crippen LogP contribution in [0.25, 0.3) is 0 Å². The minimum atomic E-state index is -0.423. The Morgan fingerprint density at radius 2 is 1.81 bits per heavy atom. The van der Waals surface area contributed by atoms with Crippen molar-refractivity contribution in [1.82, 2.24) is 4.90 Å². The highest BCUT2D eigenvalue weighted by atomic mass is 35.5. The molecule has 0 bridgehead atoms. The number of anilines is 2. The zero-order valence-corrected chi connectivity index (χ0v) is 19.0. The molecule has 0 saturated carbocycles. The minimum absolute atomic E-state index is 0.0143. The van der Waals surface area contributed by atoms with E-state index in [9.17, 15) is 14.9 Å². The lowest BCUT2D eigenvalue weighted by Gasteiger charge is -2.36. The number of nitriles is 1. The van der Waals surface area contributed by atoms with Crippen LogP contribution in [0.4, 0.5) is 17.1 Å². The highest BCUT2D eigenvalue weighted by Gasteiger charge is 2.26. The van der Waals surface area contributed by atoms with Crippen molar-refractivity contribution in [3.8, 4) is 6.07 Å². The molecule has 1 fully saturated rings. The number of hydrogen-bond donors (Lipinski definition) is 0. The Labute approximate surface area is 192 Å². The molecule has 1 aliphatic heterocycles. The quantitative estimate of drug-likeness (QED) is 0.463.